The van der Waals surface area contributed by atoms with Gasteiger partial charge >= 0.3 is 0 Å². The van der Waals surface area contributed by atoms with Crippen molar-refractivity contribution >= 4 is 22.6 Å². The van der Waals surface area contributed by atoms with Crippen molar-refractivity contribution < 1.29 is 9.26 Å². The molecule has 6 heteroatoms. The number of halogens is 1. The summed E-state index contributed by atoms with van der Waals surface area (Å²) in [5.41, 5.74) is 2.11. The SMILES string of the molecule is COc1ccc2c(-c3ccnn3C)noc2c1Cl. The van der Waals surface area contributed by atoms with E-state index in [-0.39, 0.29) is 0 Å². The topological polar surface area (TPSA) is 53.1 Å². The van der Waals surface area contributed by atoms with E-state index in [9.17, 15) is 0 Å². The Balaban J connectivity index is 2.28. The molecule has 2 heterocycles. The monoisotopic (exact) mass is 263 g/mol. The van der Waals surface area contributed by atoms with E-state index in [0.717, 1.165) is 16.8 Å². The largest absolute Gasteiger partial charge is 0.495 e. The number of methoxy groups -OCH3 is 1. The van der Waals surface area contributed by atoms with E-state index in [1.165, 1.54) is 0 Å². The first-order valence-corrected chi connectivity index (χ1v) is 5.70. The highest BCUT2D eigenvalue weighted by Gasteiger charge is 2.17. The number of nitrogens with zero attached hydrogens (tertiary/aromatic N) is 3. The predicted molar refractivity (Wildman–Crippen MR) is 67.8 cm³/mol. The van der Waals surface area contributed by atoms with Gasteiger partial charge < -0.3 is 9.26 Å². The van der Waals surface area contributed by atoms with Crippen LogP contribution >= 0.6 is 11.6 Å². The summed E-state index contributed by atoms with van der Waals surface area (Å²) in [6, 6.07) is 5.54. The third-order valence-electron chi connectivity index (χ3n) is 2.83. The molecule has 0 aliphatic carbocycles. The van der Waals surface area contributed by atoms with E-state index >= 15 is 0 Å². The number of aryl methyl sites for hydroxylation is 1. The summed E-state index contributed by atoms with van der Waals surface area (Å²) in [6.07, 6.45) is 1.71. The Morgan fingerprint density at radius 1 is 1.33 bits per heavy atom. The summed E-state index contributed by atoms with van der Waals surface area (Å²) in [5.74, 6) is 0.567. The van der Waals surface area contributed by atoms with Gasteiger partial charge in [-0.25, -0.2) is 0 Å². The minimum atomic E-state index is 0.427. The standard InChI is InChI=1S/C12H10ClN3O2/c1-16-8(5-6-14-16)11-7-3-4-9(17-2)10(13)12(7)18-15-11/h3-6H,1-2H3. The molecule has 18 heavy (non-hydrogen) atoms. The number of hydrogen-bond donors (Lipinski definition) is 0. The van der Waals surface area contributed by atoms with Crippen molar-refractivity contribution in [3.8, 4) is 17.1 Å². The van der Waals surface area contributed by atoms with Crippen LogP contribution in [0.1, 0.15) is 0 Å². The Bertz CT molecular complexity index is 717. The summed E-state index contributed by atoms with van der Waals surface area (Å²) in [5, 5.41) is 9.44. The van der Waals surface area contributed by atoms with Gasteiger partial charge in [-0.05, 0) is 18.2 Å². The Hall–Kier alpha value is -2.01. The van der Waals surface area contributed by atoms with Gasteiger partial charge in [0.05, 0.1) is 18.2 Å². The Labute approximate surface area is 108 Å². The molecule has 0 bridgehead atoms. The van der Waals surface area contributed by atoms with Gasteiger partial charge in [0.2, 0.25) is 0 Å². The molecular weight excluding hydrogens is 254 g/mol. The quantitative estimate of drug-likeness (QED) is 0.713. The van der Waals surface area contributed by atoms with Gasteiger partial charge in [0.15, 0.2) is 5.58 Å². The maximum Gasteiger partial charge on any atom is 0.189 e. The Kier molecular flexibility index (Phi) is 2.48. The Morgan fingerprint density at radius 3 is 2.83 bits per heavy atom. The van der Waals surface area contributed by atoms with Crippen molar-refractivity contribution in [3.63, 3.8) is 0 Å². The highest BCUT2D eigenvalue weighted by Crippen LogP contribution is 2.36. The van der Waals surface area contributed by atoms with Crippen LogP contribution in [0, 0.1) is 0 Å². The lowest BCUT2D eigenvalue weighted by atomic mass is 10.1. The van der Waals surface area contributed by atoms with E-state index in [1.54, 1.807) is 24.1 Å². The van der Waals surface area contributed by atoms with E-state index in [0.29, 0.717) is 16.4 Å². The zero-order chi connectivity index (χ0) is 12.7. The second-order valence-corrected chi connectivity index (χ2v) is 4.21. The lowest BCUT2D eigenvalue weighted by molar-refractivity contribution is 0.412. The van der Waals surface area contributed by atoms with Crippen LogP contribution in [-0.4, -0.2) is 22.0 Å². The number of ether oxygens (including phenoxy) is 1. The summed E-state index contributed by atoms with van der Waals surface area (Å²) in [4.78, 5) is 0. The molecule has 0 spiro atoms. The zero-order valence-corrected chi connectivity index (χ0v) is 10.6. The average Bonchev–Trinajstić information content (AvgIpc) is 2.96. The van der Waals surface area contributed by atoms with E-state index in [2.05, 4.69) is 10.3 Å². The number of hydrogen-bond acceptors (Lipinski definition) is 4. The lowest BCUT2D eigenvalue weighted by Crippen LogP contribution is -1.93. The number of benzene rings is 1. The van der Waals surface area contributed by atoms with Gasteiger partial charge in [0, 0.05) is 13.2 Å². The second-order valence-electron chi connectivity index (χ2n) is 3.83. The van der Waals surface area contributed by atoms with Crippen molar-refractivity contribution in [1.29, 1.82) is 0 Å². The van der Waals surface area contributed by atoms with E-state index < -0.39 is 0 Å². The first kappa shape index (κ1) is 11.1. The summed E-state index contributed by atoms with van der Waals surface area (Å²) in [7, 11) is 3.41. The summed E-state index contributed by atoms with van der Waals surface area (Å²) in [6.45, 7) is 0. The van der Waals surface area contributed by atoms with Crippen molar-refractivity contribution in [2.75, 3.05) is 7.11 Å². The fourth-order valence-corrected chi connectivity index (χ4v) is 2.18. The van der Waals surface area contributed by atoms with Crippen LogP contribution in [-0.2, 0) is 7.05 Å². The molecule has 0 N–H and O–H groups in total. The minimum absolute atomic E-state index is 0.427. The zero-order valence-electron chi connectivity index (χ0n) is 9.85. The molecule has 0 aliphatic rings. The molecule has 0 saturated carbocycles. The molecule has 92 valence electrons. The van der Waals surface area contributed by atoms with E-state index in [4.69, 9.17) is 20.9 Å². The molecule has 0 aliphatic heterocycles. The van der Waals surface area contributed by atoms with Gasteiger partial charge in [0.25, 0.3) is 0 Å². The number of fused-ring (bicyclic) bond motifs is 1. The smallest absolute Gasteiger partial charge is 0.189 e. The minimum Gasteiger partial charge on any atom is -0.495 e. The van der Waals surface area contributed by atoms with Gasteiger partial charge in [0.1, 0.15) is 16.5 Å². The Morgan fingerprint density at radius 2 is 2.17 bits per heavy atom. The maximum absolute atomic E-state index is 6.18. The fourth-order valence-electron chi connectivity index (χ4n) is 1.90. The predicted octanol–water partition coefficient (Wildman–Crippen LogP) is 2.89. The average molecular weight is 264 g/mol. The van der Waals surface area contributed by atoms with Crippen LogP contribution < -0.4 is 4.74 Å². The van der Waals surface area contributed by atoms with Crippen LogP contribution in [0.4, 0.5) is 0 Å². The van der Waals surface area contributed by atoms with Crippen molar-refractivity contribution in [1.82, 2.24) is 14.9 Å². The van der Waals surface area contributed by atoms with Gasteiger partial charge in [-0.2, -0.15) is 5.10 Å². The summed E-state index contributed by atoms with van der Waals surface area (Å²) >= 11 is 6.18. The van der Waals surface area contributed by atoms with Crippen LogP contribution in [0.25, 0.3) is 22.4 Å². The molecule has 0 unspecified atom stereocenters. The van der Waals surface area contributed by atoms with Crippen LogP contribution in [0.5, 0.6) is 5.75 Å². The molecule has 0 fully saturated rings. The molecule has 5 nitrogen and oxygen atoms in total. The van der Waals surface area contributed by atoms with Crippen molar-refractivity contribution in [2.45, 2.75) is 0 Å². The highest BCUT2D eigenvalue weighted by molar-refractivity contribution is 6.36. The van der Waals surface area contributed by atoms with Gasteiger partial charge in [-0.1, -0.05) is 16.8 Å². The molecule has 2 aromatic heterocycles. The molecule has 3 rings (SSSR count). The third-order valence-corrected chi connectivity index (χ3v) is 3.19. The second kappa shape index (κ2) is 4.03. The molecule has 0 amide bonds. The van der Waals surface area contributed by atoms with Crippen LogP contribution in [0.2, 0.25) is 5.02 Å². The number of rotatable bonds is 2. The molecule has 0 radical (unpaired) electrons. The summed E-state index contributed by atoms with van der Waals surface area (Å²) < 4.78 is 12.2. The molecule has 0 atom stereocenters. The van der Waals surface area contributed by atoms with Gasteiger partial charge in [-0.15, -0.1) is 0 Å². The van der Waals surface area contributed by atoms with E-state index in [1.807, 2.05) is 19.2 Å². The number of aromatic nitrogens is 3. The van der Waals surface area contributed by atoms with Crippen LogP contribution in [0.15, 0.2) is 28.9 Å². The molecule has 1 aromatic carbocycles. The fraction of sp³-hybridized carbons (Fsp3) is 0.167. The first-order chi connectivity index (χ1) is 8.72. The third kappa shape index (κ3) is 1.48. The van der Waals surface area contributed by atoms with Gasteiger partial charge in [-0.3, -0.25) is 4.68 Å². The first-order valence-electron chi connectivity index (χ1n) is 5.32. The molecular formula is C12H10ClN3O2. The van der Waals surface area contributed by atoms with Crippen molar-refractivity contribution in [2.24, 2.45) is 7.05 Å². The molecule has 0 saturated heterocycles. The highest BCUT2D eigenvalue weighted by atomic mass is 35.5. The van der Waals surface area contributed by atoms with Crippen molar-refractivity contribution in [3.05, 3.63) is 29.4 Å². The lowest BCUT2D eigenvalue weighted by Gasteiger charge is -2.02. The maximum atomic E-state index is 6.18. The van der Waals surface area contributed by atoms with Crippen LogP contribution in [0.3, 0.4) is 0 Å². The normalized spacial score (nSPS) is 11.1. The molecule has 3 aromatic rings.